The second-order valence-corrected chi connectivity index (χ2v) is 7.69. The number of nitrogens with one attached hydrogen (secondary N) is 2. The zero-order valence-corrected chi connectivity index (χ0v) is 16.3. The van der Waals surface area contributed by atoms with E-state index in [1.54, 1.807) is 24.3 Å². The number of aliphatic carboxylic acids is 1. The van der Waals surface area contributed by atoms with E-state index in [0.717, 1.165) is 0 Å². The second kappa shape index (κ2) is 9.34. The van der Waals surface area contributed by atoms with Crippen LogP contribution >= 0.6 is 0 Å². The molecule has 0 fully saturated rings. The SMILES string of the molecule is CCOc1ccc(C(CC(=O)O)NS(=O)(=O)c2ccc(NC(C)=O)cc2)cc1. The molecule has 1 amide bonds. The highest BCUT2D eigenvalue weighted by Crippen LogP contribution is 2.23. The minimum Gasteiger partial charge on any atom is -0.494 e. The van der Waals surface area contributed by atoms with Crippen LogP contribution < -0.4 is 14.8 Å². The third-order valence-corrected chi connectivity index (χ3v) is 5.24. The summed E-state index contributed by atoms with van der Waals surface area (Å²) in [6, 6.07) is 11.2. The van der Waals surface area contributed by atoms with Gasteiger partial charge in [0.05, 0.1) is 24.0 Å². The van der Waals surface area contributed by atoms with Crippen molar-refractivity contribution in [3.63, 3.8) is 0 Å². The van der Waals surface area contributed by atoms with Crippen LogP contribution in [-0.4, -0.2) is 32.0 Å². The van der Waals surface area contributed by atoms with Gasteiger partial charge in [0, 0.05) is 12.6 Å². The molecular weight excluding hydrogens is 384 g/mol. The topological polar surface area (TPSA) is 122 Å². The highest BCUT2D eigenvalue weighted by molar-refractivity contribution is 7.89. The number of carbonyl (C=O) groups is 2. The van der Waals surface area contributed by atoms with E-state index < -0.39 is 28.5 Å². The van der Waals surface area contributed by atoms with E-state index in [1.807, 2.05) is 6.92 Å². The van der Waals surface area contributed by atoms with Crippen LogP contribution in [0.4, 0.5) is 5.69 Å². The Kier molecular flexibility index (Phi) is 7.13. The van der Waals surface area contributed by atoms with Crippen LogP contribution in [0, 0.1) is 0 Å². The van der Waals surface area contributed by atoms with Gasteiger partial charge in [-0.05, 0) is 48.9 Å². The van der Waals surface area contributed by atoms with Gasteiger partial charge in [0.1, 0.15) is 5.75 Å². The summed E-state index contributed by atoms with van der Waals surface area (Å²) in [5.74, 6) is -0.801. The zero-order chi connectivity index (χ0) is 20.7. The van der Waals surface area contributed by atoms with Crippen molar-refractivity contribution in [1.29, 1.82) is 0 Å². The summed E-state index contributed by atoms with van der Waals surface area (Å²) in [6.45, 7) is 3.67. The lowest BCUT2D eigenvalue weighted by Crippen LogP contribution is -2.30. The first kappa shape index (κ1) is 21.4. The third kappa shape index (κ3) is 6.07. The fourth-order valence-corrected chi connectivity index (χ4v) is 3.77. The molecule has 0 radical (unpaired) electrons. The lowest BCUT2D eigenvalue weighted by molar-refractivity contribution is -0.137. The van der Waals surface area contributed by atoms with E-state index in [1.165, 1.54) is 31.2 Å². The smallest absolute Gasteiger partial charge is 0.305 e. The van der Waals surface area contributed by atoms with Gasteiger partial charge in [-0.2, -0.15) is 0 Å². The van der Waals surface area contributed by atoms with Crippen molar-refractivity contribution < 1.29 is 27.9 Å². The molecule has 1 atom stereocenters. The molecule has 0 aliphatic heterocycles. The molecule has 0 aromatic heterocycles. The van der Waals surface area contributed by atoms with Crippen molar-refractivity contribution in [3.8, 4) is 5.75 Å². The fourth-order valence-electron chi connectivity index (χ4n) is 2.54. The molecule has 9 heteroatoms. The van der Waals surface area contributed by atoms with E-state index in [0.29, 0.717) is 23.6 Å². The predicted molar refractivity (Wildman–Crippen MR) is 104 cm³/mol. The molecule has 2 rings (SSSR count). The lowest BCUT2D eigenvalue weighted by atomic mass is 10.0. The van der Waals surface area contributed by atoms with E-state index in [2.05, 4.69) is 10.0 Å². The van der Waals surface area contributed by atoms with Gasteiger partial charge < -0.3 is 15.2 Å². The molecule has 0 aliphatic rings. The molecule has 8 nitrogen and oxygen atoms in total. The summed E-state index contributed by atoms with van der Waals surface area (Å²) in [5.41, 5.74) is 0.962. The summed E-state index contributed by atoms with van der Waals surface area (Å²) in [7, 11) is -3.98. The molecular formula is C19H22N2O6S. The fraction of sp³-hybridized carbons (Fsp3) is 0.263. The molecule has 3 N–H and O–H groups in total. The van der Waals surface area contributed by atoms with E-state index in [-0.39, 0.29) is 10.8 Å². The highest BCUT2D eigenvalue weighted by Gasteiger charge is 2.23. The van der Waals surface area contributed by atoms with Gasteiger partial charge in [-0.1, -0.05) is 12.1 Å². The van der Waals surface area contributed by atoms with Crippen LogP contribution in [0.15, 0.2) is 53.4 Å². The Hall–Kier alpha value is -2.91. The molecule has 0 heterocycles. The van der Waals surface area contributed by atoms with Gasteiger partial charge in [-0.15, -0.1) is 0 Å². The zero-order valence-electron chi connectivity index (χ0n) is 15.5. The number of hydrogen-bond donors (Lipinski definition) is 3. The minimum absolute atomic E-state index is 0.0390. The van der Waals surface area contributed by atoms with E-state index in [4.69, 9.17) is 4.74 Å². The van der Waals surface area contributed by atoms with Gasteiger partial charge >= 0.3 is 5.97 Å². The molecule has 2 aromatic carbocycles. The summed E-state index contributed by atoms with van der Waals surface area (Å²) in [6.07, 6.45) is -0.419. The molecule has 1 unspecified atom stereocenters. The van der Waals surface area contributed by atoms with Crippen molar-refractivity contribution in [2.45, 2.75) is 31.2 Å². The number of carboxylic acid groups (broad SMARTS) is 1. The molecule has 0 bridgehead atoms. The number of benzene rings is 2. The van der Waals surface area contributed by atoms with E-state index in [9.17, 15) is 23.1 Å². The number of sulfonamides is 1. The van der Waals surface area contributed by atoms with Crippen LogP contribution in [0.25, 0.3) is 0 Å². The lowest BCUT2D eigenvalue weighted by Gasteiger charge is -2.18. The summed E-state index contributed by atoms with van der Waals surface area (Å²) in [4.78, 5) is 22.2. The number of rotatable bonds is 9. The largest absolute Gasteiger partial charge is 0.494 e. The van der Waals surface area contributed by atoms with Gasteiger partial charge in [-0.25, -0.2) is 13.1 Å². The molecule has 0 spiro atoms. The first-order valence-electron chi connectivity index (χ1n) is 8.56. The van der Waals surface area contributed by atoms with Crippen LogP contribution in [0.3, 0.4) is 0 Å². The normalized spacial score (nSPS) is 12.2. The third-order valence-electron chi connectivity index (χ3n) is 3.75. The molecule has 2 aromatic rings. The van der Waals surface area contributed by atoms with Crippen LogP contribution in [0.1, 0.15) is 31.9 Å². The maximum atomic E-state index is 12.7. The number of ether oxygens (including phenoxy) is 1. The maximum absolute atomic E-state index is 12.7. The monoisotopic (exact) mass is 406 g/mol. The van der Waals surface area contributed by atoms with Crippen molar-refractivity contribution in [3.05, 3.63) is 54.1 Å². The highest BCUT2D eigenvalue weighted by atomic mass is 32.2. The average molecular weight is 406 g/mol. The summed E-state index contributed by atoms with van der Waals surface area (Å²) < 4.78 is 33.1. The van der Waals surface area contributed by atoms with E-state index >= 15 is 0 Å². The quantitative estimate of drug-likeness (QED) is 0.588. The number of amides is 1. The van der Waals surface area contributed by atoms with Crippen molar-refractivity contribution in [1.82, 2.24) is 4.72 Å². The Morgan fingerprint density at radius 1 is 1.07 bits per heavy atom. The Balaban J connectivity index is 2.24. The van der Waals surface area contributed by atoms with Crippen molar-refractivity contribution >= 4 is 27.6 Å². The van der Waals surface area contributed by atoms with Crippen LogP contribution in [0.2, 0.25) is 0 Å². The number of carboxylic acids is 1. The average Bonchev–Trinajstić information content (AvgIpc) is 2.61. The molecule has 0 saturated carbocycles. The molecule has 0 aliphatic carbocycles. The first-order chi connectivity index (χ1) is 13.2. The summed E-state index contributed by atoms with van der Waals surface area (Å²) >= 11 is 0. The minimum atomic E-state index is -3.98. The number of anilines is 1. The molecule has 0 saturated heterocycles. The Labute approximate surface area is 163 Å². The number of carbonyl (C=O) groups excluding carboxylic acids is 1. The van der Waals surface area contributed by atoms with Gasteiger partial charge in [-0.3, -0.25) is 9.59 Å². The van der Waals surface area contributed by atoms with Crippen molar-refractivity contribution in [2.24, 2.45) is 0 Å². The second-order valence-electron chi connectivity index (χ2n) is 5.98. The van der Waals surface area contributed by atoms with Gasteiger partial charge in [0.25, 0.3) is 0 Å². The number of hydrogen-bond acceptors (Lipinski definition) is 5. The summed E-state index contributed by atoms with van der Waals surface area (Å²) in [5, 5.41) is 11.7. The Bertz CT molecular complexity index is 924. The van der Waals surface area contributed by atoms with Crippen LogP contribution in [-0.2, 0) is 19.6 Å². The maximum Gasteiger partial charge on any atom is 0.305 e. The van der Waals surface area contributed by atoms with Crippen LogP contribution in [0.5, 0.6) is 5.75 Å². The van der Waals surface area contributed by atoms with Gasteiger partial charge in [0.2, 0.25) is 15.9 Å². The Morgan fingerprint density at radius 2 is 1.68 bits per heavy atom. The standard InChI is InChI=1S/C19H22N2O6S/c1-3-27-16-8-4-14(5-9-16)18(12-19(23)24)21-28(25,26)17-10-6-15(7-11-17)20-13(2)22/h4-11,18,21H,3,12H2,1-2H3,(H,20,22)(H,23,24). The van der Waals surface area contributed by atoms with Gasteiger partial charge in [0.15, 0.2) is 0 Å². The Morgan fingerprint density at radius 3 is 2.18 bits per heavy atom. The van der Waals surface area contributed by atoms with Crippen molar-refractivity contribution in [2.75, 3.05) is 11.9 Å². The first-order valence-corrected chi connectivity index (χ1v) is 10.0. The predicted octanol–water partition coefficient (Wildman–Crippen LogP) is 2.54. The molecule has 28 heavy (non-hydrogen) atoms. The molecule has 150 valence electrons.